The minimum absolute atomic E-state index is 0.180. The molecule has 4 nitrogen and oxygen atoms in total. The first kappa shape index (κ1) is 18.7. The van der Waals surface area contributed by atoms with Gasteiger partial charge in [-0.15, -0.1) is 0 Å². The summed E-state index contributed by atoms with van der Waals surface area (Å²) in [5, 5.41) is 3.65. The van der Waals surface area contributed by atoms with Crippen molar-refractivity contribution in [2.24, 2.45) is 11.8 Å². The summed E-state index contributed by atoms with van der Waals surface area (Å²) in [6.45, 7) is 8.32. The molecule has 3 rings (SSSR count). The number of ether oxygens (including phenoxy) is 1. The largest absolute Gasteiger partial charge is 0.444 e. The fourth-order valence-corrected chi connectivity index (χ4v) is 3.90. The first-order chi connectivity index (χ1) is 11.8. The number of hydrogen-bond donors (Lipinski definition) is 1. The van der Waals surface area contributed by atoms with E-state index in [0.717, 1.165) is 30.5 Å². The molecule has 1 N–H and O–H groups in total. The lowest BCUT2D eigenvalue weighted by molar-refractivity contribution is 0.0284. The standard InChI is InChI=1S/C20H29BrN2O2/c1-20(2,3)25-19(24)23-12-15(9-14-5-4-6-17(21)10-14)16(13-23)11-22-18-7-8-18/h4-6,10,15-16,18,22H,7-9,11-13H2,1-3H3/t15-,16-/m1/s1. The van der Waals surface area contributed by atoms with Gasteiger partial charge in [-0.2, -0.15) is 0 Å². The molecule has 1 aliphatic carbocycles. The summed E-state index contributed by atoms with van der Waals surface area (Å²) in [5.41, 5.74) is 0.878. The molecule has 1 aromatic rings. The van der Waals surface area contributed by atoms with Gasteiger partial charge in [0, 0.05) is 30.1 Å². The van der Waals surface area contributed by atoms with E-state index in [4.69, 9.17) is 4.74 Å². The SMILES string of the molecule is CC(C)(C)OC(=O)N1C[C@@H](CNC2CC2)[C@H](Cc2cccc(Br)c2)C1. The van der Waals surface area contributed by atoms with E-state index < -0.39 is 5.60 Å². The smallest absolute Gasteiger partial charge is 0.410 e. The van der Waals surface area contributed by atoms with Crippen molar-refractivity contribution < 1.29 is 9.53 Å². The summed E-state index contributed by atoms with van der Waals surface area (Å²) < 4.78 is 6.70. The van der Waals surface area contributed by atoms with E-state index in [1.807, 2.05) is 25.7 Å². The van der Waals surface area contributed by atoms with Gasteiger partial charge in [0.2, 0.25) is 0 Å². The van der Waals surface area contributed by atoms with Gasteiger partial charge in [-0.3, -0.25) is 0 Å². The van der Waals surface area contributed by atoms with E-state index in [1.165, 1.54) is 18.4 Å². The van der Waals surface area contributed by atoms with Crippen molar-refractivity contribution in [3.63, 3.8) is 0 Å². The van der Waals surface area contributed by atoms with Gasteiger partial charge in [0.05, 0.1) is 0 Å². The van der Waals surface area contributed by atoms with Gasteiger partial charge in [0.25, 0.3) is 0 Å². The van der Waals surface area contributed by atoms with Crippen LogP contribution in [0.25, 0.3) is 0 Å². The Morgan fingerprint density at radius 3 is 2.64 bits per heavy atom. The molecule has 1 aromatic carbocycles. The molecule has 1 aliphatic heterocycles. The number of rotatable bonds is 5. The van der Waals surface area contributed by atoms with Crippen LogP contribution in [0.15, 0.2) is 28.7 Å². The highest BCUT2D eigenvalue weighted by Gasteiger charge is 2.37. The van der Waals surface area contributed by atoms with Gasteiger partial charge in [-0.05, 0) is 69.6 Å². The van der Waals surface area contributed by atoms with Crippen LogP contribution >= 0.6 is 15.9 Å². The second-order valence-corrected chi connectivity index (χ2v) is 9.34. The van der Waals surface area contributed by atoms with Gasteiger partial charge in [0.15, 0.2) is 0 Å². The molecule has 0 unspecified atom stereocenters. The van der Waals surface area contributed by atoms with Crippen molar-refractivity contribution >= 4 is 22.0 Å². The number of halogens is 1. The van der Waals surface area contributed by atoms with Gasteiger partial charge in [-0.1, -0.05) is 28.1 Å². The van der Waals surface area contributed by atoms with Crippen LogP contribution in [0.2, 0.25) is 0 Å². The molecular formula is C20H29BrN2O2. The van der Waals surface area contributed by atoms with Crippen molar-refractivity contribution in [1.82, 2.24) is 10.2 Å². The Morgan fingerprint density at radius 2 is 2.00 bits per heavy atom. The predicted octanol–water partition coefficient (Wildman–Crippen LogP) is 4.23. The first-order valence-corrected chi connectivity index (χ1v) is 10.1. The molecule has 5 heteroatoms. The van der Waals surface area contributed by atoms with Crippen molar-refractivity contribution in [2.75, 3.05) is 19.6 Å². The molecule has 0 spiro atoms. The number of hydrogen-bond acceptors (Lipinski definition) is 3. The average Bonchev–Trinajstić information content (AvgIpc) is 3.24. The molecule has 2 aliphatic rings. The molecule has 0 aromatic heterocycles. The van der Waals surface area contributed by atoms with Gasteiger partial charge >= 0.3 is 6.09 Å². The maximum absolute atomic E-state index is 12.5. The minimum Gasteiger partial charge on any atom is -0.444 e. The lowest BCUT2D eigenvalue weighted by atomic mass is 9.89. The summed E-state index contributed by atoms with van der Waals surface area (Å²) in [7, 11) is 0. The number of likely N-dealkylation sites (tertiary alicyclic amines) is 1. The monoisotopic (exact) mass is 408 g/mol. The Hall–Kier alpha value is -1.07. The maximum atomic E-state index is 12.5. The highest BCUT2D eigenvalue weighted by Crippen LogP contribution is 2.30. The Bertz CT molecular complexity index is 610. The predicted molar refractivity (Wildman–Crippen MR) is 104 cm³/mol. The number of amides is 1. The summed E-state index contributed by atoms with van der Waals surface area (Å²) in [4.78, 5) is 14.4. The highest BCUT2D eigenvalue weighted by atomic mass is 79.9. The van der Waals surface area contributed by atoms with E-state index in [0.29, 0.717) is 17.9 Å². The number of nitrogens with zero attached hydrogens (tertiary/aromatic N) is 1. The van der Waals surface area contributed by atoms with Gasteiger partial charge in [-0.25, -0.2) is 4.79 Å². The van der Waals surface area contributed by atoms with Gasteiger partial charge < -0.3 is 15.0 Å². The number of nitrogens with one attached hydrogen (secondary N) is 1. The molecule has 1 amide bonds. The van der Waals surface area contributed by atoms with Crippen LogP contribution in [0.5, 0.6) is 0 Å². The molecule has 2 fully saturated rings. The number of benzene rings is 1. The van der Waals surface area contributed by atoms with Crippen LogP contribution in [0.3, 0.4) is 0 Å². The van der Waals surface area contributed by atoms with Crippen LogP contribution in [0.1, 0.15) is 39.2 Å². The summed E-state index contributed by atoms with van der Waals surface area (Å²) >= 11 is 3.56. The van der Waals surface area contributed by atoms with Crippen LogP contribution in [0, 0.1) is 11.8 Å². The maximum Gasteiger partial charge on any atom is 0.410 e. The van der Waals surface area contributed by atoms with Crippen LogP contribution < -0.4 is 5.32 Å². The van der Waals surface area contributed by atoms with E-state index in [2.05, 4.69) is 45.5 Å². The lowest BCUT2D eigenvalue weighted by Gasteiger charge is -2.24. The third-order valence-corrected chi connectivity index (χ3v) is 5.35. The molecule has 25 heavy (non-hydrogen) atoms. The minimum atomic E-state index is -0.443. The molecule has 0 bridgehead atoms. The average molecular weight is 409 g/mol. The molecule has 1 heterocycles. The zero-order chi connectivity index (χ0) is 18.0. The molecule has 138 valence electrons. The third kappa shape index (κ3) is 5.71. The Morgan fingerprint density at radius 1 is 1.28 bits per heavy atom. The fourth-order valence-electron chi connectivity index (χ4n) is 3.45. The molecule has 1 saturated carbocycles. The van der Waals surface area contributed by atoms with Crippen molar-refractivity contribution in [3.05, 3.63) is 34.3 Å². The van der Waals surface area contributed by atoms with Crippen molar-refractivity contribution in [2.45, 2.75) is 51.7 Å². The van der Waals surface area contributed by atoms with Crippen molar-refractivity contribution in [1.29, 1.82) is 0 Å². The quantitative estimate of drug-likeness (QED) is 0.792. The molecular weight excluding hydrogens is 380 g/mol. The topological polar surface area (TPSA) is 41.6 Å². The molecule has 2 atom stereocenters. The number of carbonyl (C=O) groups excluding carboxylic acids is 1. The highest BCUT2D eigenvalue weighted by molar-refractivity contribution is 9.10. The normalized spacial score (nSPS) is 23.8. The van der Waals surface area contributed by atoms with Crippen molar-refractivity contribution in [3.8, 4) is 0 Å². The van der Waals surface area contributed by atoms with E-state index in [9.17, 15) is 4.79 Å². The van der Waals surface area contributed by atoms with E-state index in [1.54, 1.807) is 0 Å². The lowest BCUT2D eigenvalue weighted by Crippen LogP contribution is -2.36. The Labute approximate surface area is 159 Å². The Balaban J connectivity index is 1.65. The molecule has 0 radical (unpaired) electrons. The van der Waals surface area contributed by atoms with Crippen LogP contribution in [-0.4, -0.2) is 42.3 Å². The van der Waals surface area contributed by atoms with Gasteiger partial charge in [0.1, 0.15) is 5.60 Å². The zero-order valence-corrected chi connectivity index (χ0v) is 17.0. The van der Waals surface area contributed by atoms with Crippen LogP contribution in [-0.2, 0) is 11.2 Å². The van der Waals surface area contributed by atoms with Crippen LogP contribution in [0.4, 0.5) is 4.79 Å². The molecule has 1 saturated heterocycles. The summed E-state index contributed by atoms with van der Waals surface area (Å²) in [5.74, 6) is 0.945. The van der Waals surface area contributed by atoms with E-state index in [-0.39, 0.29) is 6.09 Å². The fraction of sp³-hybridized carbons (Fsp3) is 0.650. The second-order valence-electron chi connectivity index (χ2n) is 8.42. The summed E-state index contributed by atoms with van der Waals surface area (Å²) in [6, 6.07) is 9.19. The Kier molecular flexibility index (Phi) is 5.74. The second kappa shape index (κ2) is 7.67. The number of carbonyl (C=O) groups is 1. The van der Waals surface area contributed by atoms with E-state index >= 15 is 0 Å². The first-order valence-electron chi connectivity index (χ1n) is 9.26. The zero-order valence-electron chi connectivity index (χ0n) is 15.4. The summed E-state index contributed by atoms with van der Waals surface area (Å²) in [6.07, 6.45) is 3.40. The third-order valence-electron chi connectivity index (χ3n) is 4.86.